The van der Waals surface area contributed by atoms with Gasteiger partial charge in [0.1, 0.15) is 23.9 Å². The Labute approximate surface area is 245 Å². The molecule has 1 aliphatic heterocycles. The van der Waals surface area contributed by atoms with Crippen molar-refractivity contribution in [1.82, 2.24) is 4.57 Å². The molecule has 0 aliphatic carbocycles. The minimum atomic E-state index is -1.00. The highest BCUT2D eigenvalue weighted by Gasteiger charge is 2.33. The van der Waals surface area contributed by atoms with Gasteiger partial charge in [0, 0.05) is 11.6 Å². The average Bonchev–Trinajstić information content (AvgIpc) is 3.55. The first-order chi connectivity index (χ1) is 20.2. The molecule has 0 unspecified atom stereocenters. The van der Waals surface area contributed by atoms with Crippen LogP contribution in [0.15, 0.2) is 92.7 Å². The first-order valence-corrected chi connectivity index (χ1v) is 14.0. The van der Waals surface area contributed by atoms with Crippen molar-refractivity contribution in [2.75, 3.05) is 13.2 Å². The lowest BCUT2D eigenvalue weighted by atomic mass is 9.96. The van der Waals surface area contributed by atoms with E-state index in [0.717, 1.165) is 11.1 Å². The third kappa shape index (κ3) is 5.48. The van der Waals surface area contributed by atoms with Gasteiger partial charge in [-0.05, 0) is 68.3 Å². The van der Waals surface area contributed by atoms with E-state index in [0.29, 0.717) is 44.5 Å². The van der Waals surface area contributed by atoms with Gasteiger partial charge >= 0.3 is 11.9 Å². The summed E-state index contributed by atoms with van der Waals surface area (Å²) in [5, 5.41) is 9.25. The van der Waals surface area contributed by atoms with Crippen molar-refractivity contribution in [2.45, 2.75) is 26.8 Å². The Morgan fingerprint density at radius 1 is 1.14 bits per heavy atom. The highest BCUT2D eigenvalue weighted by molar-refractivity contribution is 7.07. The van der Waals surface area contributed by atoms with Gasteiger partial charge in [-0.25, -0.2) is 14.6 Å². The summed E-state index contributed by atoms with van der Waals surface area (Å²) in [4.78, 5) is 43.3. The first kappa shape index (κ1) is 28.6. The summed E-state index contributed by atoms with van der Waals surface area (Å²) >= 11 is 1.19. The lowest BCUT2D eigenvalue weighted by molar-refractivity contribution is -0.139. The molecule has 2 aromatic heterocycles. The Hall–Kier alpha value is -4.96. The molecule has 0 radical (unpaired) electrons. The van der Waals surface area contributed by atoms with Gasteiger partial charge < -0.3 is 19.0 Å². The average molecular weight is 585 g/mol. The summed E-state index contributed by atoms with van der Waals surface area (Å²) in [5.41, 5.74) is 2.82. The molecule has 0 amide bonds. The number of aromatic carboxylic acids is 1. The number of carboxylic acids is 1. The minimum absolute atomic E-state index is 0.181. The van der Waals surface area contributed by atoms with Gasteiger partial charge in [0.15, 0.2) is 4.80 Å². The number of hydrogen-bond acceptors (Lipinski definition) is 8. The van der Waals surface area contributed by atoms with E-state index in [-0.39, 0.29) is 23.3 Å². The first-order valence-electron chi connectivity index (χ1n) is 13.2. The summed E-state index contributed by atoms with van der Waals surface area (Å²) in [5.74, 6) is 0.0757. The third-order valence-electron chi connectivity index (χ3n) is 6.72. The number of nitrogens with zero attached hydrogens (tertiary/aromatic N) is 2. The predicted molar refractivity (Wildman–Crippen MR) is 158 cm³/mol. The minimum Gasteiger partial charge on any atom is -0.490 e. The van der Waals surface area contributed by atoms with Crippen LogP contribution in [0, 0.1) is 6.92 Å². The lowest BCUT2D eigenvalue weighted by Gasteiger charge is -2.24. The normalized spacial score (nSPS) is 14.7. The van der Waals surface area contributed by atoms with Gasteiger partial charge in [-0.3, -0.25) is 9.36 Å². The molecule has 4 aromatic rings. The largest absolute Gasteiger partial charge is 0.490 e. The molecular weight excluding hydrogens is 556 g/mol. The van der Waals surface area contributed by atoms with Gasteiger partial charge in [-0.2, -0.15) is 0 Å². The number of esters is 1. The second kappa shape index (κ2) is 11.9. The summed E-state index contributed by atoms with van der Waals surface area (Å²) in [7, 11) is 0. The van der Waals surface area contributed by atoms with Gasteiger partial charge in [0.25, 0.3) is 5.56 Å². The number of rotatable bonds is 9. The molecule has 3 heterocycles. The molecule has 0 saturated carbocycles. The van der Waals surface area contributed by atoms with Crippen LogP contribution in [0.5, 0.6) is 5.75 Å². The van der Waals surface area contributed by atoms with Gasteiger partial charge in [0.05, 0.1) is 34.0 Å². The Kier molecular flexibility index (Phi) is 8.08. The number of thiazole rings is 1. The summed E-state index contributed by atoms with van der Waals surface area (Å²) in [6, 6.07) is 14.8. The second-order valence-electron chi connectivity index (χ2n) is 9.51. The van der Waals surface area contributed by atoms with Crippen molar-refractivity contribution < 1.29 is 28.6 Å². The van der Waals surface area contributed by atoms with Crippen LogP contribution >= 0.6 is 11.3 Å². The van der Waals surface area contributed by atoms with E-state index in [1.54, 1.807) is 62.4 Å². The van der Waals surface area contributed by atoms with Crippen LogP contribution in [0.1, 0.15) is 47.1 Å². The fourth-order valence-corrected chi connectivity index (χ4v) is 5.81. The van der Waals surface area contributed by atoms with Crippen molar-refractivity contribution in [2.24, 2.45) is 4.99 Å². The smallest absolute Gasteiger partial charge is 0.338 e. The van der Waals surface area contributed by atoms with Gasteiger partial charge in [-0.1, -0.05) is 42.2 Å². The monoisotopic (exact) mass is 584 g/mol. The molecule has 10 heteroatoms. The predicted octanol–water partition coefficient (Wildman–Crippen LogP) is 4.63. The Morgan fingerprint density at radius 3 is 2.57 bits per heavy atom. The zero-order valence-electron chi connectivity index (χ0n) is 23.2. The number of aryl methyl sites for hydroxylation is 1. The zero-order chi connectivity index (χ0) is 30.0. The van der Waals surface area contributed by atoms with E-state index >= 15 is 0 Å². The topological polar surface area (TPSA) is 120 Å². The van der Waals surface area contributed by atoms with Crippen LogP contribution in [0.2, 0.25) is 0 Å². The molecule has 0 bridgehead atoms. The molecule has 1 N–H and O–H groups in total. The number of carbonyl (C=O) groups excluding carboxylic acids is 1. The molecular formula is C32H28N2O7S. The van der Waals surface area contributed by atoms with Crippen molar-refractivity contribution in [3.8, 4) is 17.1 Å². The molecule has 1 aliphatic rings. The van der Waals surface area contributed by atoms with E-state index in [4.69, 9.17) is 13.9 Å². The van der Waals surface area contributed by atoms with Gasteiger partial charge in [-0.15, -0.1) is 0 Å². The van der Waals surface area contributed by atoms with Crippen LogP contribution in [-0.2, 0) is 9.53 Å². The Balaban J connectivity index is 1.58. The fourth-order valence-electron chi connectivity index (χ4n) is 4.79. The molecule has 1 atom stereocenters. The Morgan fingerprint density at radius 2 is 1.90 bits per heavy atom. The van der Waals surface area contributed by atoms with E-state index in [2.05, 4.69) is 11.6 Å². The number of furan rings is 1. The zero-order valence-corrected chi connectivity index (χ0v) is 24.1. The third-order valence-corrected chi connectivity index (χ3v) is 7.70. The maximum atomic E-state index is 13.8. The number of hydrogen-bond donors (Lipinski definition) is 1. The molecule has 5 rings (SSSR count). The summed E-state index contributed by atoms with van der Waals surface area (Å²) in [6.45, 7) is 9.46. The maximum Gasteiger partial charge on any atom is 0.338 e. The molecule has 42 heavy (non-hydrogen) atoms. The maximum absolute atomic E-state index is 13.8. The number of benzene rings is 2. The lowest BCUT2D eigenvalue weighted by Crippen LogP contribution is -2.39. The molecule has 0 spiro atoms. The van der Waals surface area contributed by atoms with Crippen LogP contribution < -0.4 is 19.6 Å². The fraction of sp³-hybridized carbons (Fsp3) is 0.188. The number of ether oxygens (including phenoxy) is 2. The van der Waals surface area contributed by atoms with Crippen LogP contribution in [0.3, 0.4) is 0 Å². The quantitative estimate of drug-likeness (QED) is 0.225. The molecule has 9 nitrogen and oxygen atoms in total. The van der Waals surface area contributed by atoms with E-state index in [9.17, 15) is 19.5 Å². The van der Waals surface area contributed by atoms with Crippen LogP contribution in [0.25, 0.3) is 17.4 Å². The standard InChI is InChI=1S/C32H28N2O7S/c1-5-15-40-22-10-7-20(8-11-22)28-27(31(38)39-6-2)19(4)33-32-34(28)29(35)26(42-32)17-23-12-14-25(41-23)24-13-9-21(30(36)37)16-18(24)3/h5,7-14,16-17,28H,1,6,15H2,2-4H3,(H,36,37)/b26-17-/t28-/m0/s1. The van der Waals surface area contributed by atoms with Crippen LogP contribution in [-0.4, -0.2) is 34.8 Å². The number of carbonyl (C=O) groups is 2. The van der Waals surface area contributed by atoms with Crippen molar-refractivity contribution >= 4 is 29.4 Å². The number of carboxylic acid groups (broad SMARTS) is 1. The van der Waals surface area contributed by atoms with Gasteiger partial charge in [0.2, 0.25) is 0 Å². The SMILES string of the molecule is C=CCOc1ccc([C@H]2C(C(=O)OCC)=C(C)N=c3s/c(=C\c4ccc(-c5ccc(C(=O)O)cc5C)o4)c(=O)n32)cc1. The Bertz CT molecular complexity index is 1910. The number of aromatic nitrogens is 1. The highest BCUT2D eigenvalue weighted by Crippen LogP contribution is 2.32. The highest BCUT2D eigenvalue weighted by atomic mass is 32.1. The van der Waals surface area contributed by atoms with Crippen molar-refractivity contribution in [3.05, 3.63) is 121 Å². The number of allylic oxidation sites excluding steroid dienone is 1. The summed E-state index contributed by atoms with van der Waals surface area (Å²) < 4.78 is 18.9. The van der Waals surface area contributed by atoms with Crippen molar-refractivity contribution in [1.29, 1.82) is 0 Å². The molecule has 2 aromatic carbocycles. The summed E-state index contributed by atoms with van der Waals surface area (Å²) in [6.07, 6.45) is 3.29. The molecule has 214 valence electrons. The molecule has 0 saturated heterocycles. The second-order valence-corrected chi connectivity index (χ2v) is 10.5. The van der Waals surface area contributed by atoms with E-state index in [1.165, 1.54) is 22.0 Å². The molecule has 0 fully saturated rings. The number of fused-ring (bicyclic) bond motifs is 1. The van der Waals surface area contributed by atoms with E-state index < -0.39 is 18.0 Å². The van der Waals surface area contributed by atoms with Crippen molar-refractivity contribution in [3.63, 3.8) is 0 Å². The van der Waals surface area contributed by atoms with E-state index in [1.807, 2.05) is 19.1 Å². The van der Waals surface area contributed by atoms with Crippen LogP contribution in [0.4, 0.5) is 0 Å².